The highest BCUT2D eigenvalue weighted by atomic mass is 79.9. The second-order valence-electron chi connectivity index (χ2n) is 4.88. The third-order valence-corrected chi connectivity index (χ3v) is 3.65. The summed E-state index contributed by atoms with van der Waals surface area (Å²) in [6.45, 7) is 2.17. The lowest BCUT2D eigenvalue weighted by molar-refractivity contribution is -0.0862. The van der Waals surface area contributed by atoms with Gasteiger partial charge in [-0.05, 0) is 18.6 Å². The summed E-state index contributed by atoms with van der Waals surface area (Å²) in [7, 11) is 0. The number of nitrogens with zero attached hydrogens (tertiary/aromatic N) is 1. The summed E-state index contributed by atoms with van der Waals surface area (Å²) >= 11 is 2.96. The van der Waals surface area contributed by atoms with Crippen LogP contribution in [0.4, 0.5) is 8.78 Å². The Hall–Kier alpha value is -1.01. The third kappa shape index (κ3) is 2.79. The first-order valence-electron chi connectivity index (χ1n) is 6.02. The summed E-state index contributed by atoms with van der Waals surface area (Å²) in [5.74, 6) is -2.52. The van der Waals surface area contributed by atoms with Crippen molar-refractivity contribution in [1.29, 1.82) is 0 Å². The molecule has 1 N–H and O–H groups in total. The molecule has 0 unspecified atom stereocenters. The van der Waals surface area contributed by atoms with E-state index in [0.717, 1.165) is 18.6 Å². The van der Waals surface area contributed by atoms with Crippen molar-refractivity contribution >= 4 is 21.8 Å². The van der Waals surface area contributed by atoms with Gasteiger partial charge in [0.25, 0.3) is 5.91 Å². The first kappa shape index (κ1) is 14.4. The van der Waals surface area contributed by atoms with Gasteiger partial charge in [-0.2, -0.15) is 0 Å². The molecule has 0 spiro atoms. The van der Waals surface area contributed by atoms with E-state index >= 15 is 0 Å². The molecular formula is C13H14BrF2NO2. The predicted molar refractivity (Wildman–Crippen MR) is 69.8 cm³/mol. The van der Waals surface area contributed by atoms with Gasteiger partial charge in [0.05, 0.1) is 18.7 Å². The SMILES string of the molecule is CCCC1(O)CN(C(=O)c2c(F)cc(Br)cc2F)C1. The van der Waals surface area contributed by atoms with Crippen molar-refractivity contribution in [2.75, 3.05) is 13.1 Å². The molecule has 3 nitrogen and oxygen atoms in total. The number of β-amino-alcohol motifs (C(OH)–C–C–N with tert-alkyl or cyclic N) is 1. The van der Waals surface area contributed by atoms with E-state index in [1.54, 1.807) is 0 Å². The van der Waals surface area contributed by atoms with E-state index in [0.29, 0.717) is 6.42 Å². The Bertz CT molecular complexity index is 492. The molecule has 0 bridgehead atoms. The summed E-state index contributed by atoms with van der Waals surface area (Å²) in [4.78, 5) is 13.2. The van der Waals surface area contributed by atoms with E-state index in [2.05, 4.69) is 15.9 Å². The van der Waals surface area contributed by atoms with Crippen molar-refractivity contribution in [2.45, 2.75) is 25.4 Å². The maximum atomic E-state index is 13.6. The lowest BCUT2D eigenvalue weighted by atomic mass is 9.88. The standard InChI is InChI=1S/C13H14BrF2NO2/c1-2-3-13(19)6-17(7-13)12(18)11-9(15)4-8(14)5-10(11)16/h4-5,19H,2-3,6-7H2,1H3. The summed E-state index contributed by atoms with van der Waals surface area (Å²) in [6.07, 6.45) is 1.36. The molecule has 1 aliphatic heterocycles. The van der Waals surface area contributed by atoms with Crippen molar-refractivity contribution in [1.82, 2.24) is 4.90 Å². The van der Waals surface area contributed by atoms with Gasteiger partial charge < -0.3 is 10.0 Å². The zero-order chi connectivity index (χ0) is 14.2. The highest BCUT2D eigenvalue weighted by molar-refractivity contribution is 9.10. The molecule has 1 saturated heterocycles. The van der Waals surface area contributed by atoms with Gasteiger partial charge in [0.2, 0.25) is 0 Å². The molecule has 0 saturated carbocycles. The zero-order valence-corrected chi connectivity index (χ0v) is 12.0. The molecule has 19 heavy (non-hydrogen) atoms. The molecular weight excluding hydrogens is 320 g/mol. The number of hydrogen-bond donors (Lipinski definition) is 1. The molecule has 0 aliphatic carbocycles. The number of benzene rings is 1. The van der Waals surface area contributed by atoms with Crippen LogP contribution in [0.2, 0.25) is 0 Å². The number of likely N-dealkylation sites (tertiary alicyclic amines) is 1. The van der Waals surface area contributed by atoms with Crippen molar-refractivity contribution < 1.29 is 18.7 Å². The van der Waals surface area contributed by atoms with Crippen molar-refractivity contribution in [3.63, 3.8) is 0 Å². The predicted octanol–water partition coefficient (Wildman–Crippen LogP) is 2.71. The fourth-order valence-corrected chi connectivity index (χ4v) is 2.74. The lowest BCUT2D eigenvalue weighted by Crippen LogP contribution is -2.63. The van der Waals surface area contributed by atoms with Gasteiger partial charge in [-0.25, -0.2) is 8.78 Å². The molecule has 1 aromatic rings. The van der Waals surface area contributed by atoms with Gasteiger partial charge in [0.1, 0.15) is 17.2 Å². The fraction of sp³-hybridized carbons (Fsp3) is 0.462. The first-order chi connectivity index (χ1) is 8.86. The van der Waals surface area contributed by atoms with Gasteiger partial charge in [0.15, 0.2) is 0 Å². The summed E-state index contributed by atoms with van der Waals surface area (Å²) in [6, 6.07) is 2.10. The molecule has 104 valence electrons. The Labute approximate surface area is 118 Å². The Kier molecular flexibility index (Phi) is 3.92. The molecule has 1 aliphatic rings. The van der Waals surface area contributed by atoms with Crippen LogP contribution in [0.25, 0.3) is 0 Å². The van der Waals surface area contributed by atoms with E-state index in [1.165, 1.54) is 4.90 Å². The Morgan fingerprint density at radius 1 is 1.42 bits per heavy atom. The van der Waals surface area contributed by atoms with Crippen LogP contribution in [0.1, 0.15) is 30.1 Å². The zero-order valence-electron chi connectivity index (χ0n) is 10.4. The first-order valence-corrected chi connectivity index (χ1v) is 6.82. The molecule has 1 fully saturated rings. The van der Waals surface area contributed by atoms with E-state index in [9.17, 15) is 18.7 Å². The van der Waals surface area contributed by atoms with E-state index in [4.69, 9.17) is 0 Å². The molecule has 1 aromatic carbocycles. The van der Waals surface area contributed by atoms with Crippen molar-refractivity contribution in [3.8, 4) is 0 Å². The van der Waals surface area contributed by atoms with E-state index in [-0.39, 0.29) is 17.6 Å². The minimum Gasteiger partial charge on any atom is -0.386 e. The van der Waals surface area contributed by atoms with Crippen molar-refractivity contribution in [3.05, 3.63) is 33.8 Å². The largest absolute Gasteiger partial charge is 0.386 e. The molecule has 1 heterocycles. The van der Waals surface area contributed by atoms with Crippen LogP contribution in [0.5, 0.6) is 0 Å². The lowest BCUT2D eigenvalue weighted by Gasteiger charge is -2.46. The second-order valence-corrected chi connectivity index (χ2v) is 5.80. The van der Waals surface area contributed by atoms with Crippen LogP contribution in [-0.4, -0.2) is 34.6 Å². The third-order valence-electron chi connectivity index (χ3n) is 3.19. The monoisotopic (exact) mass is 333 g/mol. The second kappa shape index (κ2) is 5.17. The number of carbonyl (C=O) groups is 1. The normalized spacial score (nSPS) is 17.2. The number of amides is 1. The number of carbonyl (C=O) groups excluding carboxylic acids is 1. The fourth-order valence-electron chi connectivity index (χ4n) is 2.34. The minimum atomic E-state index is -0.910. The molecule has 1 amide bonds. The number of hydrogen-bond acceptors (Lipinski definition) is 2. The van der Waals surface area contributed by atoms with Crippen LogP contribution in [0, 0.1) is 11.6 Å². The molecule has 2 rings (SSSR count). The highest BCUT2D eigenvalue weighted by Crippen LogP contribution is 2.29. The summed E-state index contributed by atoms with van der Waals surface area (Å²) in [5, 5.41) is 9.97. The van der Waals surface area contributed by atoms with Gasteiger partial charge >= 0.3 is 0 Å². The van der Waals surface area contributed by atoms with Crippen LogP contribution < -0.4 is 0 Å². The maximum absolute atomic E-state index is 13.6. The average Bonchev–Trinajstić information content (AvgIpc) is 2.24. The Morgan fingerprint density at radius 3 is 2.42 bits per heavy atom. The quantitative estimate of drug-likeness (QED) is 0.923. The number of rotatable bonds is 3. The van der Waals surface area contributed by atoms with Crippen LogP contribution in [0.15, 0.2) is 16.6 Å². The van der Waals surface area contributed by atoms with E-state index < -0.39 is 28.7 Å². The van der Waals surface area contributed by atoms with Gasteiger partial charge in [0, 0.05) is 4.47 Å². The van der Waals surface area contributed by atoms with Gasteiger partial charge in [-0.15, -0.1) is 0 Å². The topological polar surface area (TPSA) is 40.5 Å². The van der Waals surface area contributed by atoms with Crippen LogP contribution in [-0.2, 0) is 0 Å². The van der Waals surface area contributed by atoms with Gasteiger partial charge in [-0.1, -0.05) is 29.3 Å². The summed E-state index contributed by atoms with van der Waals surface area (Å²) in [5.41, 5.74) is -1.48. The van der Waals surface area contributed by atoms with Gasteiger partial charge in [-0.3, -0.25) is 4.79 Å². The van der Waals surface area contributed by atoms with Crippen LogP contribution in [0.3, 0.4) is 0 Å². The smallest absolute Gasteiger partial charge is 0.260 e. The highest BCUT2D eigenvalue weighted by Gasteiger charge is 2.43. The summed E-state index contributed by atoms with van der Waals surface area (Å²) < 4.78 is 27.5. The number of halogens is 3. The molecule has 0 aromatic heterocycles. The van der Waals surface area contributed by atoms with Crippen molar-refractivity contribution in [2.24, 2.45) is 0 Å². The molecule has 0 atom stereocenters. The van der Waals surface area contributed by atoms with Crippen LogP contribution >= 0.6 is 15.9 Å². The maximum Gasteiger partial charge on any atom is 0.260 e. The number of aliphatic hydroxyl groups is 1. The Morgan fingerprint density at radius 2 is 1.95 bits per heavy atom. The molecule has 0 radical (unpaired) electrons. The average molecular weight is 334 g/mol. The van der Waals surface area contributed by atoms with E-state index in [1.807, 2.05) is 6.92 Å². The molecule has 6 heteroatoms. The Balaban J connectivity index is 2.15. The minimum absolute atomic E-state index is 0.120.